The highest BCUT2D eigenvalue weighted by atomic mass is 16.2. The van der Waals surface area contributed by atoms with Gasteiger partial charge in [-0.3, -0.25) is 4.79 Å². The fourth-order valence-corrected chi connectivity index (χ4v) is 1.85. The zero-order valence-corrected chi connectivity index (χ0v) is 8.68. The van der Waals surface area contributed by atoms with Crippen molar-refractivity contribution in [2.24, 2.45) is 0 Å². The summed E-state index contributed by atoms with van der Waals surface area (Å²) in [6.07, 6.45) is 4.94. The molecular formula is C10H20N2O. The van der Waals surface area contributed by atoms with Gasteiger partial charge in [0.05, 0.1) is 6.54 Å². The molecule has 0 aromatic rings. The van der Waals surface area contributed by atoms with Crippen molar-refractivity contribution in [3.05, 3.63) is 0 Å². The number of amides is 1. The summed E-state index contributed by atoms with van der Waals surface area (Å²) >= 11 is 0. The van der Waals surface area contributed by atoms with E-state index in [0.29, 0.717) is 12.6 Å². The second-order valence-corrected chi connectivity index (χ2v) is 3.72. The Kier molecular flexibility index (Phi) is 4.22. The summed E-state index contributed by atoms with van der Waals surface area (Å²) in [6.45, 7) is 3.37. The van der Waals surface area contributed by atoms with Crippen molar-refractivity contribution in [2.45, 2.75) is 38.6 Å². The number of carbonyl (C=O) groups excluding carboxylic acids is 1. The summed E-state index contributed by atoms with van der Waals surface area (Å²) in [6, 6.07) is 0.506. The molecule has 0 spiro atoms. The lowest BCUT2D eigenvalue weighted by atomic mass is 10.2. The highest BCUT2D eigenvalue weighted by molar-refractivity contribution is 5.78. The predicted octanol–water partition coefficient (Wildman–Crippen LogP) is 0.997. The Hall–Kier alpha value is -0.570. The molecule has 0 radical (unpaired) electrons. The van der Waals surface area contributed by atoms with Gasteiger partial charge in [-0.15, -0.1) is 0 Å². The normalized spacial score (nSPS) is 17.7. The van der Waals surface area contributed by atoms with Crippen molar-refractivity contribution in [1.29, 1.82) is 0 Å². The van der Waals surface area contributed by atoms with Gasteiger partial charge >= 0.3 is 0 Å². The predicted molar refractivity (Wildman–Crippen MR) is 53.6 cm³/mol. The number of likely N-dealkylation sites (N-methyl/N-ethyl adjacent to an activating group) is 2. The Bertz CT molecular complexity index is 164. The molecule has 13 heavy (non-hydrogen) atoms. The van der Waals surface area contributed by atoms with E-state index in [4.69, 9.17) is 0 Å². The van der Waals surface area contributed by atoms with Crippen LogP contribution >= 0.6 is 0 Å². The maximum absolute atomic E-state index is 11.6. The van der Waals surface area contributed by atoms with Crippen LogP contribution in [0, 0.1) is 0 Å². The topological polar surface area (TPSA) is 32.3 Å². The summed E-state index contributed by atoms with van der Waals surface area (Å²) in [5.41, 5.74) is 0. The summed E-state index contributed by atoms with van der Waals surface area (Å²) in [5.74, 6) is 0.230. The van der Waals surface area contributed by atoms with Crippen LogP contribution in [0.2, 0.25) is 0 Å². The van der Waals surface area contributed by atoms with Gasteiger partial charge in [0.15, 0.2) is 0 Å². The first kappa shape index (κ1) is 10.5. The molecule has 0 saturated heterocycles. The smallest absolute Gasteiger partial charge is 0.236 e. The summed E-state index contributed by atoms with van der Waals surface area (Å²) in [7, 11) is 1.93. The third-order valence-electron chi connectivity index (χ3n) is 2.79. The van der Waals surface area contributed by atoms with Crippen molar-refractivity contribution in [3.63, 3.8) is 0 Å². The van der Waals surface area contributed by atoms with Crippen LogP contribution in [0.15, 0.2) is 0 Å². The Morgan fingerprint density at radius 3 is 2.62 bits per heavy atom. The SMILES string of the molecule is CCNCC(=O)N(C)C1CCCC1. The number of hydrogen-bond acceptors (Lipinski definition) is 2. The lowest BCUT2D eigenvalue weighted by molar-refractivity contribution is -0.130. The van der Waals surface area contributed by atoms with E-state index >= 15 is 0 Å². The Labute approximate surface area is 80.5 Å². The van der Waals surface area contributed by atoms with E-state index in [1.165, 1.54) is 25.7 Å². The van der Waals surface area contributed by atoms with Gasteiger partial charge in [-0.25, -0.2) is 0 Å². The third-order valence-corrected chi connectivity index (χ3v) is 2.79. The third kappa shape index (κ3) is 2.99. The molecule has 0 unspecified atom stereocenters. The molecule has 3 nitrogen and oxygen atoms in total. The quantitative estimate of drug-likeness (QED) is 0.707. The molecule has 1 aliphatic rings. The maximum Gasteiger partial charge on any atom is 0.236 e. The van der Waals surface area contributed by atoms with E-state index in [1.807, 2.05) is 18.9 Å². The average molecular weight is 184 g/mol. The minimum atomic E-state index is 0.230. The Morgan fingerprint density at radius 2 is 2.08 bits per heavy atom. The minimum absolute atomic E-state index is 0.230. The van der Waals surface area contributed by atoms with Crippen LogP contribution in [0.1, 0.15) is 32.6 Å². The first-order valence-corrected chi connectivity index (χ1v) is 5.22. The largest absolute Gasteiger partial charge is 0.342 e. The molecule has 1 aliphatic carbocycles. The number of rotatable bonds is 4. The van der Waals surface area contributed by atoms with E-state index < -0.39 is 0 Å². The van der Waals surface area contributed by atoms with Crippen LogP contribution in [-0.4, -0.2) is 37.0 Å². The summed E-state index contributed by atoms with van der Waals surface area (Å²) in [4.78, 5) is 13.5. The number of hydrogen-bond donors (Lipinski definition) is 1. The van der Waals surface area contributed by atoms with Crippen LogP contribution in [0.5, 0.6) is 0 Å². The van der Waals surface area contributed by atoms with E-state index in [1.54, 1.807) is 0 Å². The molecular weight excluding hydrogens is 164 g/mol. The molecule has 76 valence electrons. The molecule has 1 rings (SSSR count). The molecule has 1 N–H and O–H groups in total. The van der Waals surface area contributed by atoms with Crippen LogP contribution in [0.3, 0.4) is 0 Å². The molecule has 0 heterocycles. The van der Waals surface area contributed by atoms with Crippen LogP contribution < -0.4 is 5.32 Å². The van der Waals surface area contributed by atoms with Crippen LogP contribution in [0.25, 0.3) is 0 Å². The number of nitrogens with zero attached hydrogens (tertiary/aromatic N) is 1. The average Bonchev–Trinajstić information content (AvgIpc) is 2.65. The van der Waals surface area contributed by atoms with E-state index in [-0.39, 0.29) is 5.91 Å². The van der Waals surface area contributed by atoms with Crippen molar-refractivity contribution >= 4 is 5.91 Å². The monoisotopic (exact) mass is 184 g/mol. The second kappa shape index (κ2) is 5.22. The summed E-state index contributed by atoms with van der Waals surface area (Å²) < 4.78 is 0. The van der Waals surface area contributed by atoms with Gasteiger partial charge in [-0.1, -0.05) is 19.8 Å². The molecule has 0 aromatic carbocycles. The van der Waals surface area contributed by atoms with Gasteiger partial charge in [-0.05, 0) is 19.4 Å². The molecule has 0 atom stereocenters. The van der Waals surface area contributed by atoms with Gasteiger partial charge in [0, 0.05) is 13.1 Å². The molecule has 1 amide bonds. The van der Waals surface area contributed by atoms with E-state index in [9.17, 15) is 4.79 Å². The first-order chi connectivity index (χ1) is 6.25. The van der Waals surface area contributed by atoms with Crippen LogP contribution in [0.4, 0.5) is 0 Å². The van der Waals surface area contributed by atoms with E-state index in [2.05, 4.69) is 5.32 Å². The highest BCUT2D eigenvalue weighted by Gasteiger charge is 2.22. The molecule has 0 aromatic heterocycles. The molecule has 0 bridgehead atoms. The van der Waals surface area contributed by atoms with Gasteiger partial charge in [0.1, 0.15) is 0 Å². The number of nitrogens with one attached hydrogen (secondary N) is 1. The van der Waals surface area contributed by atoms with Crippen molar-refractivity contribution in [3.8, 4) is 0 Å². The van der Waals surface area contributed by atoms with Gasteiger partial charge in [-0.2, -0.15) is 0 Å². The first-order valence-electron chi connectivity index (χ1n) is 5.22. The summed E-state index contributed by atoms with van der Waals surface area (Å²) in [5, 5.41) is 3.06. The zero-order valence-electron chi connectivity index (χ0n) is 8.68. The second-order valence-electron chi connectivity index (χ2n) is 3.72. The lowest BCUT2D eigenvalue weighted by Gasteiger charge is -2.24. The van der Waals surface area contributed by atoms with Gasteiger partial charge in [0.25, 0.3) is 0 Å². The van der Waals surface area contributed by atoms with Crippen molar-refractivity contribution in [2.75, 3.05) is 20.1 Å². The fourth-order valence-electron chi connectivity index (χ4n) is 1.85. The standard InChI is InChI=1S/C10H20N2O/c1-3-11-8-10(13)12(2)9-6-4-5-7-9/h9,11H,3-8H2,1-2H3. The zero-order chi connectivity index (χ0) is 9.68. The molecule has 1 fully saturated rings. The lowest BCUT2D eigenvalue weighted by Crippen LogP contribution is -2.40. The van der Waals surface area contributed by atoms with E-state index in [0.717, 1.165) is 6.54 Å². The minimum Gasteiger partial charge on any atom is -0.342 e. The molecule has 0 aliphatic heterocycles. The van der Waals surface area contributed by atoms with Gasteiger partial charge < -0.3 is 10.2 Å². The number of carbonyl (C=O) groups is 1. The van der Waals surface area contributed by atoms with Crippen molar-refractivity contribution in [1.82, 2.24) is 10.2 Å². The van der Waals surface area contributed by atoms with Gasteiger partial charge in [0.2, 0.25) is 5.91 Å². The Balaban J connectivity index is 2.28. The Morgan fingerprint density at radius 1 is 1.46 bits per heavy atom. The van der Waals surface area contributed by atoms with Crippen LogP contribution in [-0.2, 0) is 4.79 Å². The molecule has 1 saturated carbocycles. The van der Waals surface area contributed by atoms with Crippen molar-refractivity contribution < 1.29 is 4.79 Å². The molecule has 3 heteroatoms. The maximum atomic E-state index is 11.6. The fraction of sp³-hybridized carbons (Fsp3) is 0.900. The highest BCUT2D eigenvalue weighted by Crippen LogP contribution is 2.22.